The standard InChI is InChI=1S/C13H11NOS/c1-15-13-10(6-7-16-13)11-8-14-12-5-3-2-4-9(11)12/h2-8,14H,1H3. The van der Waals surface area contributed by atoms with Gasteiger partial charge in [0.1, 0.15) is 0 Å². The van der Waals surface area contributed by atoms with Crippen LogP contribution >= 0.6 is 11.3 Å². The number of thiophene rings is 1. The quantitative estimate of drug-likeness (QED) is 0.708. The fourth-order valence-electron chi connectivity index (χ4n) is 1.95. The third-order valence-electron chi connectivity index (χ3n) is 2.69. The molecular formula is C13H11NOS. The molecule has 0 fully saturated rings. The number of para-hydroxylation sites is 1. The molecule has 0 spiro atoms. The second-order valence-corrected chi connectivity index (χ2v) is 4.45. The second kappa shape index (κ2) is 3.68. The highest BCUT2D eigenvalue weighted by molar-refractivity contribution is 7.12. The van der Waals surface area contributed by atoms with Crippen molar-refractivity contribution < 1.29 is 4.74 Å². The van der Waals surface area contributed by atoms with Gasteiger partial charge in [-0.3, -0.25) is 0 Å². The van der Waals surface area contributed by atoms with Crippen LogP contribution in [-0.4, -0.2) is 12.1 Å². The van der Waals surface area contributed by atoms with Crippen molar-refractivity contribution in [2.45, 2.75) is 0 Å². The van der Waals surface area contributed by atoms with Crippen molar-refractivity contribution in [2.24, 2.45) is 0 Å². The molecule has 16 heavy (non-hydrogen) atoms. The van der Waals surface area contributed by atoms with Gasteiger partial charge in [-0.1, -0.05) is 18.2 Å². The van der Waals surface area contributed by atoms with Gasteiger partial charge in [-0.2, -0.15) is 0 Å². The van der Waals surface area contributed by atoms with Gasteiger partial charge in [0.25, 0.3) is 0 Å². The second-order valence-electron chi connectivity index (χ2n) is 3.57. The van der Waals surface area contributed by atoms with Gasteiger partial charge in [0.15, 0.2) is 5.06 Å². The fourth-order valence-corrected chi connectivity index (χ4v) is 2.68. The molecular weight excluding hydrogens is 218 g/mol. The Kier molecular flexibility index (Phi) is 2.18. The largest absolute Gasteiger partial charge is 0.487 e. The molecule has 0 atom stereocenters. The lowest BCUT2D eigenvalue weighted by atomic mass is 10.1. The molecule has 3 heteroatoms. The Labute approximate surface area is 97.5 Å². The lowest BCUT2D eigenvalue weighted by molar-refractivity contribution is 0.428. The monoisotopic (exact) mass is 229 g/mol. The summed E-state index contributed by atoms with van der Waals surface area (Å²) in [4.78, 5) is 3.28. The molecule has 0 saturated carbocycles. The molecule has 3 rings (SSSR count). The van der Waals surface area contributed by atoms with E-state index in [2.05, 4.69) is 34.6 Å². The van der Waals surface area contributed by atoms with Gasteiger partial charge in [-0.25, -0.2) is 0 Å². The average Bonchev–Trinajstić information content (AvgIpc) is 2.94. The number of H-pyrrole nitrogens is 1. The van der Waals surface area contributed by atoms with Crippen LogP contribution in [0.15, 0.2) is 41.9 Å². The number of aromatic amines is 1. The van der Waals surface area contributed by atoms with E-state index in [0.717, 1.165) is 16.1 Å². The Morgan fingerprint density at radius 3 is 2.88 bits per heavy atom. The van der Waals surface area contributed by atoms with E-state index < -0.39 is 0 Å². The normalized spacial score (nSPS) is 10.8. The zero-order chi connectivity index (χ0) is 11.0. The van der Waals surface area contributed by atoms with Gasteiger partial charge in [0.05, 0.1) is 7.11 Å². The van der Waals surface area contributed by atoms with Crippen molar-refractivity contribution in [1.82, 2.24) is 4.98 Å². The van der Waals surface area contributed by atoms with Gasteiger partial charge in [0, 0.05) is 28.2 Å². The van der Waals surface area contributed by atoms with Crippen molar-refractivity contribution in [3.05, 3.63) is 41.9 Å². The van der Waals surface area contributed by atoms with E-state index in [4.69, 9.17) is 4.74 Å². The van der Waals surface area contributed by atoms with Gasteiger partial charge in [-0.15, -0.1) is 11.3 Å². The lowest BCUT2D eigenvalue weighted by Crippen LogP contribution is -1.80. The minimum atomic E-state index is 0.963. The molecule has 1 N–H and O–H groups in total. The Balaban J connectivity index is 2.26. The highest BCUT2D eigenvalue weighted by atomic mass is 32.1. The number of methoxy groups -OCH3 is 1. The van der Waals surface area contributed by atoms with Crippen LogP contribution in [0.25, 0.3) is 22.0 Å². The number of aromatic nitrogens is 1. The molecule has 0 aliphatic rings. The van der Waals surface area contributed by atoms with Crippen LogP contribution in [0.1, 0.15) is 0 Å². The molecule has 0 radical (unpaired) electrons. The van der Waals surface area contributed by atoms with E-state index in [1.165, 1.54) is 10.9 Å². The first-order chi connectivity index (χ1) is 7.90. The smallest absolute Gasteiger partial charge is 0.181 e. The number of ether oxygens (including phenoxy) is 1. The Bertz CT molecular complexity index is 623. The summed E-state index contributed by atoms with van der Waals surface area (Å²) in [5.74, 6) is 0. The van der Waals surface area contributed by atoms with Gasteiger partial charge >= 0.3 is 0 Å². The molecule has 0 aliphatic carbocycles. The summed E-state index contributed by atoms with van der Waals surface area (Å²) in [6, 6.07) is 10.4. The van der Waals surface area contributed by atoms with Crippen LogP contribution in [-0.2, 0) is 0 Å². The van der Waals surface area contributed by atoms with E-state index in [0.29, 0.717) is 0 Å². The van der Waals surface area contributed by atoms with Crippen LogP contribution in [0.4, 0.5) is 0 Å². The maximum absolute atomic E-state index is 5.36. The first-order valence-electron chi connectivity index (χ1n) is 5.08. The highest BCUT2D eigenvalue weighted by Gasteiger charge is 2.11. The zero-order valence-electron chi connectivity index (χ0n) is 8.86. The van der Waals surface area contributed by atoms with Crippen LogP contribution in [0, 0.1) is 0 Å². The molecule has 3 aromatic rings. The van der Waals surface area contributed by atoms with Gasteiger partial charge in [-0.05, 0) is 17.5 Å². The third kappa shape index (κ3) is 1.32. The van der Waals surface area contributed by atoms with E-state index in [9.17, 15) is 0 Å². The predicted molar refractivity (Wildman–Crippen MR) is 68.2 cm³/mol. The Hall–Kier alpha value is -1.74. The number of nitrogens with one attached hydrogen (secondary N) is 1. The number of hydrogen-bond donors (Lipinski definition) is 1. The fraction of sp³-hybridized carbons (Fsp3) is 0.0769. The van der Waals surface area contributed by atoms with E-state index in [1.807, 2.05) is 12.3 Å². The Morgan fingerprint density at radius 1 is 1.12 bits per heavy atom. The first-order valence-corrected chi connectivity index (χ1v) is 5.96. The topological polar surface area (TPSA) is 25.0 Å². The molecule has 0 bridgehead atoms. The molecule has 0 aliphatic heterocycles. The average molecular weight is 229 g/mol. The minimum Gasteiger partial charge on any atom is -0.487 e. The van der Waals surface area contributed by atoms with E-state index in [1.54, 1.807) is 18.4 Å². The lowest BCUT2D eigenvalue weighted by Gasteiger charge is -2.00. The SMILES string of the molecule is COc1sccc1-c1c[nH]c2ccccc12. The van der Waals surface area contributed by atoms with Crippen LogP contribution in [0.5, 0.6) is 5.06 Å². The predicted octanol–water partition coefficient (Wildman–Crippen LogP) is 3.91. The highest BCUT2D eigenvalue weighted by Crippen LogP contribution is 2.38. The van der Waals surface area contributed by atoms with Crippen molar-refractivity contribution in [3.63, 3.8) is 0 Å². The summed E-state index contributed by atoms with van der Waals surface area (Å²) < 4.78 is 5.36. The summed E-state index contributed by atoms with van der Waals surface area (Å²) in [6.45, 7) is 0. The number of benzene rings is 1. The number of hydrogen-bond acceptors (Lipinski definition) is 2. The summed E-state index contributed by atoms with van der Waals surface area (Å²) in [5, 5.41) is 4.25. The molecule has 2 nitrogen and oxygen atoms in total. The first kappa shape index (κ1) is 9.48. The molecule has 0 unspecified atom stereocenters. The third-order valence-corrected chi connectivity index (χ3v) is 3.57. The molecule has 2 aromatic heterocycles. The van der Waals surface area contributed by atoms with Crippen molar-refractivity contribution in [3.8, 4) is 16.2 Å². The maximum atomic E-state index is 5.36. The van der Waals surface area contributed by atoms with E-state index >= 15 is 0 Å². The maximum Gasteiger partial charge on any atom is 0.181 e. The molecule has 80 valence electrons. The minimum absolute atomic E-state index is 0.963. The zero-order valence-corrected chi connectivity index (χ0v) is 9.67. The summed E-state index contributed by atoms with van der Waals surface area (Å²) in [5.41, 5.74) is 3.52. The summed E-state index contributed by atoms with van der Waals surface area (Å²) >= 11 is 1.62. The van der Waals surface area contributed by atoms with Crippen molar-refractivity contribution in [2.75, 3.05) is 7.11 Å². The van der Waals surface area contributed by atoms with E-state index in [-0.39, 0.29) is 0 Å². The summed E-state index contributed by atoms with van der Waals surface area (Å²) in [7, 11) is 1.71. The molecule has 2 heterocycles. The van der Waals surface area contributed by atoms with Crippen molar-refractivity contribution >= 4 is 22.2 Å². The molecule has 1 aromatic carbocycles. The van der Waals surface area contributed by atoms with Gasteiger partial charge in [0.2, 0.25) is 0 Å². The number of rotatable bonds is 2. The molecule has 0 amide bonds. The molecule has 0 saturated heterocycles. The van der Waals surface area contributed by atoms with Crippen LogP contribution < -0.4 is 4.74 Å². The van der Waals surface area contributed by atoms with Gasteiger partial charge < -0.3 is 9.72 Å². The number of fused-ring (bicyclic) bond motifs is 1. The van der Waals surface area contributed by atoms with Crippen LogP contribution in [0.2, 0.25) is 0 Å². The van der Waals surface area contributed by atoms with Crippen molar-refractivity contribution in [1.29, 1.82) is 0 Å². The Morgan fingerprint density at radius 2 is 2.00 bits per heavy atom. The summed E-state index contributed by atoms with van der Waals surface area (Å²) in [6.07, 6.45) is 2.04. The van der Waals surface area contributed by atoms with Crippen LogP contribution in [0.3, 0.4) is 0 Å².